The highest BCUT2D eigenvalue weighted by Crippen LogP contribution is 2.16. The lowest BCUT2D eigenvalue weighted by Gasteiger charge is -2.19. The van der Waals surface area contributed by atoms with E-state index in [1.807, 2.05) is 19.1 Å². The molecule has 1 atom stereocenters. The molecule has 0 bridgehead atoms. The Morgan fingerprint density at radius 2 is 1.59 bits per heavy atom. The number of carbonyl (C=O) groups excluding carboxylic acids is 1. The number of carbonyl (C=O) groups is 2. The SMILES string of the molecule is Cc1ccc(OCC(NS(=O)(=O)c2ccc(I)cc2)C(=O)Nc2ccc(CC(=O)O)cc2)cc1. The molecule has 3 N–H and O–H groups in total. The number of aliphatic carboxylic acids is 1. The monoisotopic (exact) mass is 594 g/mol. The summed E-state index contributed by atoms with van der Waals surface area (Å²) < 4.78 is 34.8. The van der Waals surface area contributed by atoms with E-state index in [1.54, 1.807) is 48.5 Å². The minimum Gasteiger partial charge on any atom is -0.491 e. The first-order valence-electron chi connectivity index (χ1n) is 10.2. The van der Waals surface area contributed by atoms with Crippen LogP contribution in [0.5, 0.6) is 5.75 Å². The highest BCUT2D eigenvalue weighted by atomic mass is 127. The molecule has 0 radical (unpaired) electrons. The second kappa shape index (κ2) is 11.4. The Balaban J connectivity index is 1.78. The third kappa shape index (κ3) is 7.54. The minimum atomic E-state index is -4.00. The fraction of sp³-hybridized carbons (Fsp3) is 0.167. The number of amides is 1. The molecular formula is C24H23IN2O6S. The average Bonchev–Trinajstić information content (AvgIpc) is 2.79. The van der Waals surface area contributed by atoms with E-state index in [2.05, 4.69) is 32.6 Å². The number of hydrogen-bond donors (Lipinski definition) is 3. The normalized spacial score (nSPS) is 12.1. The fourth-order valence-electron chi connectivity index (χ4n) is 2.96. The van der Waals surface area contributed by atoms with Gasteiger partial charge in [-0.3, -0.25) is 9.59 Å². The van der Waals surface area contributed by atoms with Gasteiger partial charge in [0, 0.05) is 9.26 Å². The van der Waals surface area contributed by atoms with Gasteiger partial charge in [-0.2, -0.15) is 4.72 Å². The first-order chi connectivity index (χ1) is 16.1. The third-order valence-corrected chi connectivity index (χ3v) is 6.96. The summed E-state index contributed by atoms with van der Waals surface area (Å²) in [5.41, 5.74) is 2.00. The molecule has 10 heteroatoms. The zero-order valence-electron chi connectivity index (χ0n) is 18.2. The van der Waals surface area contributed by atoms with Crippen LogP contribution in [-0.4, -0.2) is 38.0 Å². The van der Waals surface area contributed by atoms with Gasteiger partial charge in [-0.25, -0.2) is 8.42 Å². The van der Waals surface area contributed by atoms with Gasteiger partial charge in [0.2, 0.25) is 15.9 Å². The highest BCUT2D eigenvalue weighted by Gasteiger charge is 2.27. The van der Waals surface area contributed by atoms with Crippen LogP contribution in [0.1, 0.15) is 11.1 Å². The van der Waals surface area contributed by atoms with Gasteiger partial charge in [-0.15, -0.1) is 0 Å². The molecule has 0 fully saturated rings. The van der Waals surface area contributed by atoms with Crippen molar-refractivity contribution >= 4 is 50.2 Å². The maximum atomic E-state index is 13.0. The molecule has 0 aliphatic carbocycles. The molecule has 34 heavy (non-hydrogen) atoms. The summed E-state index contributed by atoms with van der Waals surface area (Å²) in [5, 5.41) is 11.5. The molecule has 3 aromatic carbocycles. The molecule has 0 saturated carbocycles. The quantitative estimate of drug-likeness (QED) is 0.309. The predicted octanol–water partition coefficient (Wildman–Crippen LogP) is 3.59. The van der Waals surface area contributed by atoms with Crippen molar-refractivity contribution in [2.75, 3.05) is 11.9 Å². The second-order valence-corrected chi connectivity index (χ2v) is 10.5. The third-order valence-electron chi connectivity index (χ3n) is 4.75. The van der Waals surface area contributed by atoms with Gasteiger partial charge in [-0.05, 0) is 83.6 Å². The van der Waals surface area contributed by atoms with E-state index in [4.69, 9.17) is 9.84 Å². The number of benzene rings is 3. The fourth-order valence-corrected chi connectivity index (χ4v) is 4.50. The molecule has 178 valence electrons. The molecule has 0 spiro atoms. The number of sulfonamides is 1. The van der Waals surface area contributed by atoms with Gasteiger partial charge in [0.05, 0.1) is 11.3 Å². The van der Waals surface area contributed by atoms with Crippen LogP contribution in [0.25, 0.3) is 0 Å². The summed E-state index contributed by atoms with van der Waals surface area (Å²) in [6.07, 6.45) is -0.142. The van der Waals surface area contributed by atoms with Gasteiger partial charge >= 0.3 is 5.97 Å². The Labute approximate surface area is 211 Å². The minimum absolute atomic E-state index is 0.0269. The number of hydrogen-bond acceptors (Lipinski definition) is 5. The summed E-state index contributed by atoms with van der Waals surface area (Å²) in [5.74, 6) is -1.09. The summed E-state index contributed by atoms with van der Waals surface area (Å²) in [6, 6.07) is 18.4. The van der Waals surface area contributed by atoms with Crippen molar-refractivity contribution in [2.45, 2.75) is 24.3 Å². The zero-order valence-corrected chi connectivity index (χ0v) is 21.2. The van der Waals surface area contributed by atoms with Gasteiger partial charge in [0.25, 0.3) is 0 Å². The zero-order chi connectivity index (χ0) is 24.7. The second-order valence-electron chi connectivity index (χ2n) is 7.51. The van der Waals surface area contributed by atoms with Crippen LogP contribution in [-0.2, 0) is 26.0 Å². The number of rotatable bonds is 10. The Bertz CT molecular complexity index is 1240. The number of ether oxygens (including phenoxy) is 1. The molecular weight excluding hydrogens is 571 g/mol. The maximum absolute atomic E-state index is 13.0. The van der Waals surface area contributed by atoms with Crippen molar-refractivity contribution in [1.29, 1.82) is 0 Å². The molecule has 0 aliphatic heterocycles. The molecule has 1 unspecified atom stereocenters. The number of halogens is 1. The van der Waals surface area contributed by atoms with Gasteiger partial charge in [-0.1, -0.05) is 29.8 Å². The first-order valence-corrected chi connectivity index (χ1v) is 12.8. The van der Waals surface area contributed by atoms with Gasteiger partial charge < -0.3 is 15.2 Å². The van der Waals surface area contributed by atoms with Crippen molar-refractivity contribution in [3.63, 3.8) is 0 Å². The van der Waals surface area contributed by atoms with Crippen molar-refractivity contribution in [3.05, 3.63) is 87.5 Å². The Morgan fingerprint density at radius 1 is 0.971 bits per heavy atom. The number of anilines is 1. The van der Waals surface area contributed by atoms with E-state index >= 15 is 0 Å². The molecule has 8 nitrogen and oxygen atoms in total. The van der Waals surface area contributed by atoms with Gasteiger partial charge in [0.15, 0.2) is 0 Å². The van der Waals surface area contributed by atoms with Crippen LogP contribution in [0, 0.1) is 10.5 Å². The lowest BCUT2D eigenvalue weighted by molar-refractivity contribution is -0.136. The topological polar surface area (TPSA) is 122 Å². The van der Waals surface area contributed by atoms with E-state index in [0.29, 0.717) is 17.0 Å². The molecule has 0 aliphatic rings. The molecule has 0 heterocycles. The number of carboxylic acids is 1. The van der Waals surface area contributed by atoms with Crippen molar-refractivity contribution < 1.29 is 27.9 Å². The molecule has 3 aromatic rings. The summed E-state index contributed by atoms with van der Waals surface area (Å²) >= 11 is 2.07. The van der Waals surface area contributed by atoms with Crippen LogP contribution >= 0.6 is 22.6 Å². The highest BCUT2D eigenvalue weighted by molar-refractivity contribution is 14.1. The number of aryl methyl sites for hydroxylation is 1. The summed E-state index contributed by atoms with van der Waals surface area (Å²) in [6.45, 7) is 1.69. The molecule has 3 rings (SSSR count). The van der Waals surface area contributed by atoms with Crippen molar-refractivity contribution in [2.24, 2.45) is 0 Å². The van der Waals surface area contributed by atoms with E-state index in [1.165, 1.54) is 12.1 Å². The van der Waals surface area contributed by atoms with Crippen molar-refractivity contribution in [1.82, 2.24) is 4.72 Å². The molecule has 0 saturated heterocycles. The average molecular weight is 594 g/mol. The van der Waals surface area contributed by atoms with Crippen LogP contribution < -0.4 is 14.8 Å². The lowest BCUT2D eigenvalue weighted by Crippen LogP contribution is -2.47. The van der Waals surface area contributed by atoms with Gasteiger partial charge in [0.1, 0.15) is 18.4 Å². The van der Waals surface area contributed by atoms with E-state index in [-0.39, 0.29) is 17.9 Å². The number of nitrogens with one attached hydrogen (secondary N) is 2. The summed E-state index contributed by atoms with van der Waals surface area (Å²) in [4.78, 5) is 23.9. The van der Waals surface area contributed by atoms with Crippen LogP contribution in [0.3, 0.4) is 0 Å². The summed E-state index contributed by atoms with van der Waals surface area (Å²) in [7, 11) is -4.00. The lowest BCUT2D eigenvalue weighted by atomic mass is 10.1. The standard InChI is InChI=1S/C24H23IN2O6S/c1-16-2-10-20(11-3-16)33-15-22(27-34(31,32)21-12-6-18(25)7-13-21)24(30)26-19-8-4-17(5-9-19)14-23(28)29/h2-13,22,27H,14-15H2,1H3,(H,26,30)(H,28,29). The van der Waals surface area contributed by atoms with Crippen LogP contribution in [0.2, 0.25) is 0 Å². The molecule has 1 amide bonds. The smallest absolute Gasteiger partial charge is 0.307 e. The van der Waals surface area contributed by atoms with E-state index in [0.717, 1.165) is 9.13 Å². The largest absolute Gasteiger partial charge is 0.491 e. The number of carboxylic acid groups (broad SMARTS) is 1. The van der Waals surface area contributed by atoms with E-state index in [9.17, 15) is 18.0 Å². The Morgan fingerprint density at radius 3 is 2.18 bits per heavy atom. The van der Waals surface area contributed by atoms with Crippen LogP contribution in [0.4, 0.5) is 5.69 Å². The molecule has 0 aromatic heterocycles. The Kier molecular flexibility index (Phi) is 8.64. The van der Waals surface area contributed by atoms with Crippen molar-refractivity contribution in [3.8, 4) is 5.75 Å². The van der Waals surface area contributed by atoms with E-state index < -0.39 is 27.9 Å². The van der Waals surface area contributed by atoms with Crippen LogP contribution in [0.15, 0.2) is 77.7 Å². The predicted molar refractivity (Wildman–Crippen MR) is 136 cm³/mol. The Hall–Kier alpha value is -2.96. The first kappa shape index (κ1) is 25.7. The maximum Gasteiger partial charge on any atom is 0.307 e.